The summed E-state index contributed by atoms with van der Waals surface area (Å²) in [5, 5.41) is 2.65. The third kappa shape index (κ3) is 4.84. The van der Waals surface area contributed by atoms with Crippen LogP contribution in [0, 0.1) is 15.5 Å². The predicted molar refractivity (Wildman–Crippen MR) is 99.9 cm³/mol. The average molecular weight is 464 g/mol. The maximum Gasteiger partial charge on any atom is 0.407 e. The summed E-state index contributed by atoms with van der Waals surface area (Å²) in [4.78, 5) is 34.2. The lowest BCUT2D eigenvalue weighted by molar-refractivity contribution is -0.135. The number of likely N-dealkylation sites (tertiary alicyclic amines) is 1. The molecule has 0 saturated carbocycles. The minimum atomic E-state index is -0.648. The number of carbonyl (C=O) groups is 2. The molecule has 0 aromatic carbocycles. The van der Waals surface area contributed by atoms with Gasteiger partial charge >= 0.3 is 6.09 Å². The standard InChI is InChI=1S/C16H25IN4O4/c1-9(2)13(20-16(23)25-4)15(22)21-7-10(8-24-3)5-11(21)14-18-6-12(17)19-14/h6,9-11,13H,5,7-8H2,1-4H3,(H,18,19)(H,20,23)/t10-,11-,13-/m0/s1. The molecule has 2 N–H and O–H groups in total. The SMILES string of the molecule is COC[C@H]1C[C@@H](c2ncc(I)[nH]2)N(C(=O)[C@@H](NC(=O)OC)C(C)C)C1. The molecule has 0 bridgehead atoms. The minimum Gasteiger partial charge on any atom is -0.453 e. The Bertz CT molecular complexity index is 607. The van der Waals surface area contributed by atoms with Gasteiger partial charge in [0.2, 0.25) is 5.91 Å². The van der Waals surface area contributed by atoms with Gasteiger partial charge in [0.15, 0.2) is 0 Å². The summed E-state index contributed by atoms with van der Waals surface area (Å²) >= 11 is 2.16. The van der Waals surface area contributed by atoms with Crippen LogP contribution in [-0.2, 0) is 14.3 Å². The van der Waals surface area contributed by atoms with Gasteiger partial charge in [0.1, 0.15) is 11.9 Å². The number of nitrogens with zero attached hydrogens (tertiary/aromatic N) is 2. The van der Waals surface area contributed by atoms with Crippen molar-refractivity contribution in [3.63, 3.8) is 0 Å². The van der Waals surface area contributed by atoms with Crippen LogP contribution in [0.5, 0.6) is 0 Å². The molecule has 140 valence electrons. The van der Waals surface area contributed by atoms with Crippen LogP contribution in [0.15, 0.2) is 6.20 Å². The Labute approximate surface area is 161 Å². The zero-order valence-corrected chi connectivity index (χ0v) is 17.1. The normalized spacial score (nSPS) is 21.4. The maximum absolute atomic E-state index is 13.2. The van der Waals surface area contributed by atoms with Crippen molar-refractivity contribution in [2.24, 2.45) is 11.8 Å². The molecule has 3 atom stereocenters. The number of hydrogen-bond acceptors (Lipinski definition) is 5. The highest BCUT2D eigenvalue weighted by atomic mass is 127. The fourth-order valence-electron chi connectivity index (χ4n) is 3.14. The second-order valence-electron chi connectivity index (χ2n) is 6.54. The number of methoxy groups -OCH3 is 2. The number of halogens is 1. The summed E-state index contributed by atoms with van der Waals surface area (Å²) in [5.41, 5.74) is 0. The number of nitrogens with one attached hydrogen (secondary N) is 2. The first-order valence-corrected chi connectivity index (χ1v) is 9.29. The molecule has 8 nitrogen and oxygen atoms in total. The van der Waals surface area contributed by atoms with E-state index in [1.807, 2.05) is 13.8 Å². The highest BCUT2D eigenvalue weighted by molar-refractivity contribution is 14.1. The fraction of sp³-hybridized carbons (Fsp3) is 0.688. The molecule has 1 aliphatic heterocycles. The lowest BCUT2D eigenvalue weighted by Gasteiger charge is -2.30. The molecule has 0 spiro atoms. The van der Waals surface area contributed by atoms with Crippen LogP contribution in [0.3, 0.4) is 0 Å². The van der Waals surface area contributed by atoms with Crippen molar-refractivity contribution in [2.75, 3.05) is 27.4 Å². The van der Waals surface area contributed by atoms with Crippen LogP contribution >= 0.6 is 22.6 Å². The summed E-state index contributed by atoms with van der Waals surface area (Å²) in [6.07, 6.45) is 1.91. The Morgan fingerprint density at radius 1 is 1.48 bits per heavy atom. The zero-order valence-electron chi connectivity index (χ0n) is 14.9. The molecule has 1 saturated heterocycles. The van der Waals surface area contributed by atoms with Crippen LogP contribution in [0.1, 0.15) is 32.1 Å². The average Bonchev–Trinajstić information content (AvgIpc) is 3.18. The Morgan fingerprint density at radius 2 is 2.20 bits per heavy atom. The molecular weight excluding hydrogens is 439 g/mol. The number of aromatic amines is 1. The first kappa shape index (κ1) is 20.0. The van der Waals surface area contributed by atoms with E-state index in [-0.39, 0.29) is 23.8 Å². The Morgan fingerprint density at radius 3 is 2.72 bits per heavy atom. The number of aromatic nitrogens is 2. The number of rotatable bonds is 6. The smallest absolute Gasteiger partial charge is 0.407 e. The topological polar surface area (TPSA) is 96.5 Å². The molecule has 9 heteroatoms. The number of H-pyrrole nitrogens is 1. The number of alkyl carbamates (subject to hydrolysis) is 1. The van der Waals surface area contributed by atoms with Crippen molar-refractivity contribution >= 4 is 34.6 Å². The van der Waals surface area contributed by atoms with Crippen LogP contribution in [0.25, 0.3) is 0 Å². The number of hydrogen-bond donors (Lipinski definition) is 2. The van der Waals surface area contributed by atoms with Crippen molar-refractivity contribution < 1.29 is 19.1 Å². The second kappa shape index (κ2) is 8.84. The molecule has 0 aliphatic carbocycles. The van der Waals surface area contributed by atoms with Gasteiger partial charge in [0.05, 0.1) is 29.7 Å². The quantitative estimate of drug-likeness (QED) is 0.628. The van der Waals surface area contributed by atoms with Gasteiger partial charge in [-0.2, -0.15) is 0 Å². The third-order valence-electron chi connectivity index (χ3n) is 4.34. The van der Waals surface area contributed by atoms with Crippen LogP contribution < -0.4 is 5.32 Å². The zero-order chi connectivity index (χ0) is 18.6. The molecule has 1 aliphatic rings. The van der Waals surface area contributed by atoms with Gasteiger partial charge in [-0.15, -0.1) is 0 Å². The predicted octanol–water partition coefficient (Wildman–Crippen LogP) is 1.93. The highest BCUT2D eigenvalue weighted by Gasteiger charge is 2.41. The second-order valence-corrected chi connectivity index (χ2v) is 7.70. The molecular formula is C16H25IN4O4. The molecule has 0 unspecified atom stereocenters. The van der Waals surface area contributed by atoms with Crippen molar-refractivity contribution in [3.05, 3.63) is 15.7 Å². The number of imidazole rings is 1. The largest absolute Gasteiger partial charge is 0.453 e. The van der Waals surface area contributed by atoms with E-state index >= 15 is 0 Å². The van der Waals surface area contributed by atoms with Gasteiger partial charge in [-0.3, -0.25) is 4.79 Å². The summed E-state index contributed by atoms with van der Waals surface area (Å²) in [5.74, 6) is 0.797. The van der Waals surface area contributed by atoms with Gasteiger partial charge in [-0.05, 0) is 34.9 Å². The van der Waals surface area contributed by atoms with E-state index in [0.717, 1.165) is 15.9 Å². The summed E-state index contributed by atoms with van der Waals surface area (Å²) < 4.78 is 10.9. The van der Waals surface area contributed by atoms with Crippen LogP contribution in [-0.4, -0.2) is 60.3 Å². The lowest BCUT2D eigenvalue weighted by atomic mass is 10.0. The van der Waals surface area contributed by atoms with E-state index in [1.54, 1.807) is 18.2 Å². The van der Waals surface area contributed by atoms with Crippen molar-refractivity contribution in [3.8, 4) is 0 Å². The molecule has 25 heavy (non-hydrogen) atoms. The first-order valence-electron chi connectivity index (χ1n) is 8.21. The van der Waals surface area contributed by atoms with Gasteiger partial charge in [-0.25, -0.2) is 9.78 Å². The summed E-state index contributed by atoms with van der Waals surface area (Å²) in [6.45, 7) is 4.94. The Kier molecular flexibility index (Phi) is 7.05. The molecule has 1 fully saturated rings. The molecule has 2 amide bonds. The van der Waals surface area contributed by atoms with Crippen molar-refractivity contribution in [1.29, 1.82) is 0 Å². The number of ether oxygens (including phenoxy) is 2. The van der Waals surface area contributed by atoms with Gasteiger partial charge < -0.3 is 24.7 Å². The summed E-state index contributed by atoms with van der Waals surface area (Å²) in [7, 11) is 2.94. The molecule has 0 radical (unpaired) electrons. The van der Waals surface area contributed by atoms with Crippen molar-refractivity contribution in [1.82, 2.24) is 20.2 Å². The molecule has 2 heterocycles. The van der Waals surface area contributed by atoms with Gasteiger partial charge in [0, 0.05) is 19.6 Å². The van der Waals surface area contributed by atoms with E-state index < -0.39 is 12.1 Å². The van der Waals surface area contributed by atoms with Gasteiger partial charge in [-0.1, -0.05) is 13.8 Å². The minimum absolute atomic E-state index is 0.0644. The van der Waals surface area contributed by atoms with E-state index in [0.29, 0.717) is 13.2 Å². The number of amides is 2. The van der Waals surface area contributed by atoms with Gasteiger partial charge in [0.25, 0.3) is 0 Å². The van der Waals surface area contributed by atoms with Crippen molar-refractivity contribution in [2.45, 2.75) is 32.4 Å². The van der Waals surface area contributed by atoms with Crippen LogP contribution in [0.4, 0.5) is 4.79 Å². The first-order chi connectivity index (χ1) is 11.9. The number of carbonyl (C=O) groups excluding carboxylic acids is 2. The molecule has 1 aromatic rings. The fourth-order valence-corrected chi connectivity index (χ4v) is 3.56. The van der Waals surface area contributed by atoms with E-state index in [4.69, 9.17) is 4.74 Å². The molecule has 2 rings (SSSR count). The Hall–Kier alpha value is -1.36. The Balaban J connectivity index is 2.24. The van der Waals surface area contributed by atoms with Crippen LogP contribution in [0.2, 0.25) is 0 Å². The highest BCUT2D eigenvalue weighted by Crippen LogP contribution is 2.35. The van der Waals surface area contributed by atoms with E-state index in [1.165, 1.54) is 7.11 Å². The van der Waals surface area contributed by atoms with E-state index in [2.05, 4.69) is 42.6 Å². The summed E-state index contributed by atoms with van der Waals surface area (Å²) in [6, 6.07) is -0.804. The third-order valence-corrected chi connectivity index (χ3v) is 4.89. The maximum atomic E-state index is 13.2. The monoisotopic (exact) mass is 464 g/mol. The molecule has 1 aromatic heterocycles. The van der Waals surface area contributed by atoms with E-state index in [9.17, 15) is 9.59 Å². The lowest BCUT2D eigenvalue weighted by Crippen LogP contribution is -2.51.